The molecule has 0 bridgehead atoms. The van der Waals surface area contributed by atoms with Gasteiger partial charge in [0.2, 0.25) is 0 Å². The summed E-state index contributed by atoms with van der Waals surface area (Å²) >= 11 is 0. The zero-order valence-corrected chi connectivity index (χ0v) is 32.2. The van der Waals surface area contributed by atoms with E-state index in [4.69, 9.17) is 0 Å². The van der Waals surface area contributed by atoms with Crippen molar-refractivity contribution in [1.82, 2.24) is 0 Å². The second-order valence-electron chi connectivity index (χ2n) is 15.3. The van der Waals surface area contributed by atoms with E-state index in [2.05, 4.69) is 231 Å². The zero-order chi connectivity index (χ0) is 37.0. The SMILES string of the molecule is CC1(C)c2cccc3ccc4cc(N(c5ccc(-c6ccccc6)cc5)c5ccc([Si](c6ccccc6)(c6ccccc6)c6ccccc6)cc5)cc1c4c23. The van der Waals surface area contributed by atoms with Gasteiger partial charge in [0.15, 0.2) is 8.07 Å². The van der Waals surface area contributed by atoms with Gasteiger partial charge >= 0.3 is 0 Å². The Morgan fingerprint density at radius 2 is 0.800 bits per heavy atom. The molecule has 10 rings (SSSR count). The zero-order valence-electron chi connectivity index (χ0n) is 31.2. The molecule has 0 saturated carbocycles. The molecule has 0 fully saturated rings. The number of benzene rings is 9. The van der Waals surface area contributed by atoms with Crippen molar-refractivity contribution in [3.8, 4) is 11.1 Å². The van der Waals surface area contributed by atoms with Crippen LogP contribution in [0.5, 0.6) is 0 Å². The highest BCUT2D eigenvalue weighted by Gasteiger charge is 2.41. The van der Waals surface area contributed by atoms with Gasteiger partial charge in [0.1, 0.15) is 0 Å². The standard InChI is InChI=1S/C53H41NSi/c1-53(2)49-25-15-18-40-26-27-41-36-44(37-50(53)52(41)51(40)49)54(42-30-28-39(29-31-42)38-16-7-3-8-17-38)43-32-34-48(35-33-43)55(45-19-9-4-10-20-45,46-21-11-5-12-22-46)47-23-13-6-14-24-47/h3-37H,1-2H3. The predicted octanol–water partition coefficient (Wildman–Crippen LogP) is 11.1. The molecule has 2 heteroatoms. The van der Waals surface area contributed by atoms with Crippen molar-refractivity contribution in [3.63, 3.8) is 0 Å². The molecule has 0 amide bonds. The summed E-state index contributed by atoms with van der Waals surface area (Å²) in [5.74, 6) is 0. The molecule has 1 aliphatic carbocycles. The Balaban J connectivity index is 1.18. The highest BCUT2D eigenvalue weighted by atomic mass is 28.3. The van der Waals surface area contributed by atoms with Gasteiger partial charge in [-0.3, -0.25) is 0 Å². The van der Waals surface area contributed by atoms with Crippen molar-refractivity contribution in [2.75, 3.05) is 4.90 Å². The molecule has 0 spiro atoms. The van der Waals surface area contributed by atoms with E-state index in [1.165, 1.54) is 70.2 Å². The molecule has 55 heavy (non-hydrogen) atoms. The lowest BCUT2D eigenvalue weighted by molar-refractivity contribution is 0.663. The maximum absolute atomic E-state index is 2.67. The predicted molar refractivity (Wildman–Crippen MR) is 237 cm³/mol. The molecule has 0 saturated heterocycles. The first-order valence-electron chi connectivity index (χ1n) is 19.3. The van der Waals surface area contributed by atoms with Gasteiger partial charge in [0.25, 0.3) is 0 Å². The van der Waals surface area contributed by atoms with Crippen LogP contribution in [0.15, 0.2) is 212 Å². The van der Waals surface area contributed by atoms with Crippen LogP contribution in [0.2, 0.25) is 0 Å². The fourth-order valence-electron chi connectivity index (χ4n) is 9.32. The first-order chi connectivity index (χ1) is 27.0. The van der Waals surface area contributed by atoms with Crippen LogP contribution in [0.1, 0.15) is 25.0 Å². The molecule has 0 N–H and O–H groups in total. The van der Waals surface area contributed by atoms with E-state index >= 15 is 0 Å². The summed E-state index contributed by atoms with van der Waals surface area (Å²) in [6.45, 7) is 4.77. The average Bonchev–Trinajstić information content (AvgIpc) is 3.49. The van der Waals surface area contributed by atoms with Crippen LogP contribution in [-0.4, -0.2) is 8.07 Å². The van der Waals surface area contributed by atoms with Gasteiger partial charge in [-0.05, 0) is 101 Å². The summed E-state index contributed by atoms with van der Waals surface area (Å²) in [6, 6.07) is 79.0. The van der Waals surface area contributed by atoms with Gasteiger partial charge in [-0.15, -0.1) is 0 Å². The summed E-state index contributed by atoms with van der Waals surface area (Å²) < 4.78 is 0. The third-order valence-electron chi connectivity index (χ3n) is 12.0. The lowest BCUT2D eigenvalue weighted by atomic mass is 9.81. The Morgan fingerprint density at radius 1 is 0.345 bits per heavy atom. The molecule has 0 heterocycles. The summed E-state index contributed by atoms with van der Waals surface area (Å²) in [4.78, 5) is 2.45. The maximum atomic E-state index is 2.46. The van der Waals surface area contributed by atoms with E-state index in [-0.39, 0.29) is 5.41 Å². The van der Waals surface area contributed by atoms with Crippen molar-refractivity contribution in [2.45, 2.75) is 19.3 Å². The van der Waals surface area contributed by atoms with Crippen LogP contribution >= 0.6 is 0 Å². The van der Waals surface area contributed by atoms with E-state index in [1.54, 1.807) is 0 Å². The molecule has 1 aliphatic rings. The summed E-state index contributed by atoms with van der Waals surface area (Å²) in [6.07, 6.45) is 0. The first-order valence-corrected chi connectivity index (χ1v) is 21.3. The number of nitrogens with zero attached hydrogens (tertiary/aromatic N) is 1. The van der Waals surface area contributed by atoms with Crippen LogP contribution in [0, 0.1) is 0 Å². The molecule has 0 aliphatic heterocycles. The van der Waals surface area contributed by atoms with Crippen LogP contribution in [0.3, 0.4) is 0 Å². The Bertz CT molecular complexity index is 2700. The van der Waals surface area contributed by atoms with E-state index in [9.17, 15) is 0 Å². The van der Waals surface area contributed by atoms with Gasteiger partial charge in [-0.1, -0.05) is 190 Å². The van der Waals surface area contributed by atoms with Gasteiger partial charge in [0, 0.05) is 22.5 Å². The molecule has 0 radical (unpaired) electrons. The first kappa shape index (κ1) is 33.1. The second kappa shape index (κ2) is 13.1. The summed E-state index contributed by atoms with van der Waals surface area (Å²) in [5, 5.41) is 10.9. The normalized spacial score (nSPS) is 13.1. The number of hydrogen-bond acceptors (Lipinski definition) is 1. The molecule has 1 nitrogen and oxygen atoms in total. The van der Waals surface area contributed by atoms with Gasteiger partial charge in [-0.25, -0.2) is 0 Å². The van der Waals surface area contributed by atoms with Crippen LogP contribution in [0.4, 0.5) is 17.1 Å². The molecule has 0 atom stereocenters. The van der Waals surface area contributed by atoms with Gasteiger partial charge in [-0.2, -0.15) is 0 Å². The Morgan fingerprint density at radius 3 is 1.36 bits per heavy atom. The van der Waals surface area contributed by atoms with Crippen molar-refractivity contribution in [3.05, 3.63) is 223 Å². The summed E-state index contributed by atoms with van der Waals surface area (Å²) in [5.41, 5.74) is 8.54. The monoisotopic (exact) mass is 719 g/mol. The van der Waals surface area contributed by atoms with E-state index in [0.29, 0.717) is 0 Å². The highest BCUT2D eigenvalue weighted by Crippen LogP contribution is 2.51. The maximum Gasteiger partial charge on any atom is 0.179 e. The molecule has 9 aromatic rings. The van der Waals surface area contributed by atoms with Gasteiger partial charge < -0.3 is 4.90 Å². The van der Waals surface area contributed by atoms with Crippen LogP contribution in [-0.2, 0) is 5.41 Å². The third kappa shape index (κ3) is 5.28. The Hall–Kier alpha value is -6.48. The fraction of sp³-hybridized carbons (Fsp3) is 0.0566. The fourth-order valence-corrected chi connectivity index (χ4v) is 14.1. The minimum Gasteiger partial charge on any atom is -0.310 e. The average molecular weight is 720 g/mol. The molecule has 262 valence electrons. The third-order valence-corrected chi connectivity index (χ3v) is 16.8. The van der Waals surface area contributed by atoms with Crippen LogP contribution in [0.25, 0.3) is 32.7 Å². The molecule has 9 aromatic carbocycles. The van der Waals surface area contributed by atoms with Crippen LogP contribution < -0.4 is 25.6 Å². The lowest BCUT2D eigenvalue weighted by Crippen LogP contribution is -2.74. The van der Waals surface area contributed by atoms with Crippen molar-refractivity contribution >= 4 is 67.4 Å². The van der Waals surface area contributed by atoms with E-state index < -0.39 is 8.07 Å². The smallest absolute Gasteiger partial charge is 0.179 e. The van der Waals surface area contributed by atoms with Crippen molar-refractivity contribution in [2.24, 2.45) is 0 Å². The minimum atomic E-state index is -2.67. The molecule has 0 aromatic heterocycles. The topological polar surface area (TPSA) is 3.24 Å². The van der Waals surface area contributed by atoms with Crippen molar-refractivity contribution in [1.29, 1.82) is 0 Å². The van der Waals surface area contributed by atoms with Crippen molar-refractivity contribution < 1.29 is 0 Å². The number of anilines is 3. The Kier molecular flexibility index (Phi) is 7.90. The molecular formula is C53H41NSi. The molecular weight excluding hydrogens is 679 g/mol. The second-order valence-corrected chi connectivity index (χ2v) is 19.1. The number of hydrogen-bond donors (Lipinski definition) is 0. The highest BCUT2D eigenvalue weighted by molar-refractivity contribution is 7.19. The van der Waals surface area contributed by atoms with Gasteiger partial charge in [0.05, 0.1) is 0 Å². The lowest BCUT2D eigenvalue weighted by Gasteiger charge is -2.35. The summed E-state index contributed by atoms with van der Waals surface area (Å²) in [7, 11) is -2.67. The van der Waals surface area contributed by atoms with E-state index in [0.717, 1.165) is 11.4 Å². The Labute approximate surface area is 324 Å². The quantitative estimate of drug-likeness (QED) is 0.0859. The molecule has 0 unspecified atom stereocenters. The van der Waals surface area contributed by atoms with E-state index in [1.807, 2.05) is 0 Å². The largest absolute Gasteiger partial charge is 0.310 e. The minimum absolute atomic E-state index is 0.115. The number of rotatable bonds is 8.